The molecule has 7 nitrogen and oxygen atoms in total. The van der Waals surface area contributed by atoms with Crippen molar-refractivity contribution in [3.8, 4) is 0 Å². The molecule has 1 fully saturated rings. The number of ketones is 1. The maximum Gasteiger partial charge on any atom is 0.243 e. The molecule has 184 valence electrons. The van der Waals surface area contributed by atoms with E-state index in [1.807, 2.05) is 19.9 Å². The predicted octanol–water partition coefficient (Wildman–Crippen LogP) is 3.91. The molecule has 1 aliphatic heterocycles. The number of carbonyl (C=O) groups excluding carboxylic acids is 1. The molecular formula is C26H28FN3O4S. The van der Waals surface area contributed by atoms with Gasteiger partial charge in [-0.05, 0) is 55.8 Å². The lowest BCUT2D eigenvalue weighted by Crippen LogP contribution is -2.48. The number of Topliss-reactive ketones (excluding diaryl/α,β-unsaturated/α-hetero) is 1. The van der Waals surface area contributed by atoms with Crippen LogP contribution in [-0.4, -0.2) is 55.3 Å². The van der Waals surface area contributed by atoms with Crippen molar-refractivity contribution in [1.82, 2.24) is 9.29 Å². The summed E-state index contributed by atoms with van der Waals surface area (Å²) in [5.41, 5.74) is 1.11. The number of benzene rings is 2. The van der Waals surface area contributed by atoms with E-state index in [-0.39, 0.29) is 48.3 Å². The van der Waals surface area contributed by atoms with E-state index in [1.54, 1.807) is 47.5 Å². The van der Waals surface area contributed by atoms with E-state index in [2.05, 4.69) is 4.98 Å². The van der Waals surface area contributed by atoms with E-state index < -0.39 is 10.0 Å². The molecule has 0 aliphatic carbocycles. The highest BCUT2D eigenvalue weighted by Crippen LogP contribution is 2.23. The van der Waals surface area contributed by atoms with Crippen molar-refractivity contribution in [3.63, 3.8) is 0 Å². The number of hydrogen-bond donors (Lipinski definition) is 0. The summed E-state index contributed by atoms with van der Waals surface area (Å²) in [4.78, 5) is 19.5. The first-order chi connectivity index (χ1) is 16.7. The van der Waals surface area contributed by atoms with Gasteiger partial charge in [0.1, 0.15) is 11.6 Å². The highest BCUT2D eigenvalue weighted by atomic mass is 32.2. The SMILES string of the molecule is CC1CN(S(=O)(=O)c2cccc(C(=O)CN(Cc3ccc(F)cc3)c3ccccn3)c2)CC(C)O1. The van der Waals surface area contributed by atoms with Gasteiger partial charge in [0.25, 0.3) is 0 Å². The van der Waals surface area contributed by atoms with Gasteiger partial charge in [-0.15, -0.1) is 0 Å². The molecule has 0 saturated carbocycles. The van der Waals surface area contributed by atoms with Crippen LogP contribution in [0.25, 0.3) is 0 Å². The van der Waals surface area contributed by atoms with E-state index in [1.165, 1.54) is 28.6 Å². The number of morpholine rings is 1. The lowest BCUT2D eigenvalue weighted by atomic mass is 10.1. The highest BCUT2D eigenvalue weighted by molar-refractivity contribution is 7.89. The van der Waals surface area contributed by atoms with E-state index in [0.29, 0.717) is 17.9 Å². The van der Waals surface area contributed by atoms with Crippen LogP contribution in [0.1, 0.15) is 29.8 Å². The quantitative estimate of drug-likeness (QED) is 0.439. The Morgan fingerprint density at radius 1 is 1.06 bits per heavy atom. The third kappa shape index (κ3) is 6.11. The summed E-state index contributed by atoms with van der Waals surface area (Å²) in [5.74, 6) is 0.0000590. The Morgan fingerprint density at radius 3 is 2.43 bits per heavy atom. The van der Waals surface area contributed by atoms with Gasteiger partial charge in [0.15, 0.2) is 5.78 Å². The summed E-state index contributed by atoms with van der Waals surface area (Å²) in [5, 5.41) is 0. The lowest BCUT2D eigenvalue weighted by Gasteiger charge is -2.34. The second-order valence-electron chi connectivity index (χ2n) is 8.70. The Balaban J connectivity index is 1.57. The average Bonchev–Trinajstić information content (AvgIpc) is 2.85. The van der Waals surface area contributed by atoms with E-state index >= 15 is 0 Å². The molecule has 1 aromatic heterocycles. The maximum atomic E-state index is 13.4. The summed E-state index contributed by atoms with van der Waals surface area (Å²) in [7, 11) is -3.78. The van der Waals surface area contributed by atoms with Crippen LogP contribution < -0.4 is 4.90 Å². The smallest absolute Gasteiger partial charge is 0.243 e. The number of pyridine rings is 1. The van der Waals surface area contributed by atoms with Gasteiger partial charge in [-0.3, -0.25) is 4.79 Å². The van der Waals surface area contributed by atoms with Crippen LogP contribution in [0.2, 0.25) is 0 Å². The van der Waals surface area contributed by atoms with Crippen molar-refractivity contribution < 1.29 is 22.3 Å². The normalized spacial score (nSPS) is 18.8. The number of sulfonamides is 1. The molecule has 3 aromatic rings. The Labute approximate surface area is 205 Å². The summed E-state index contributed by atoms with van der Waals surface area (Å²) < 4.78 is 47.0. The summed E-state index contributed by atoms with van der Waals surface area (Å²) in [6, 6.07) is 17.6. The predicted molar refractivity (Wildman–Crippen MR) is 131 cm³/mol. The zero-order chi connectivity index (χ0) is 25.0. The second-order valence-corrected chi connectivity index (χ2v) is 10.6. The third-order valence-electron chi connectivity index (χ3n) is 5.77. The van der Waals surface area contributed by atoms with Gasteiger partial charge < -0.3 is 9.64 Å². The minimum Gasteiger partial charge on any atom is -0.373 e. The van der Waals surface area contributed by atoms with Gasteiger partial charge in [0.05, 0.1) is 23.6 Å². The molecule has 4 rings (SSSR count). The zero-order valence-corrected chi connectivity index (χ0v) is 20.5. The second kappa shape index (κ2) is 10.6. The fraction of sp³-hybridized carbons (Fsp3) is 0.308. The fourth-order valence-corrected chi connectivity index (χ4v) is 5.78. The zero-order valence-electron chi connectivity index (χ0n) is 19.7. The third-order valence-corrected chi connectivity index (χ3v) is 7.60. The van der Waals surface area contributed by atoms with E-state index in [4.69, 9.17) is 4.74 Å². The monoisotopic (exact) mass is 497 g/mol. The van der Waals surface area contributed by atoms with Crippen LogP contribution in [-0.2, 0) is 21.3 Å². The molecule has 0 spiro atoms. The number of ether oxygens (including phenoxy) is 1. The van der Waals surface area contributed by atoms with E-state index in [9.17, 15) is 17.6 Å². The van der Waals surface area contributed by atoms with Crippen molar-refractivity contribution >= 4 is 21.6 Å². The van der Waals surface area contributed by atoms with Gasteiger partial charge in [-0.25, -0.2) is 17.8 Å². The highest BCUT2D eigenvalue weighted by Gasteiger charge is 2.32. The van der Waals surface area contributed by atoms with E-state index in [0.717, 1.165) is 5.56 Å². The maximum absolute atomic E-state index is 13.4. The first kappa shape index (κ1) is 25.0. The molecule has 35 heavy (non-hydrogen) atoms. The molecule has 0 N–H and O–H groups in total. The van der Waals surface area contributed by atoms with Crippen LogP contribution in [0.5, 0.6) is 0 Å². The number of aromatic nitrogens is 1. The molecule has 1 aliphatic rings. The molecule has 2 unspecified atom stereocenters. The van der Waals surface area contributed by atoms with Crippen LogP contribution in [0.3, 0.4) is 0 Å². The number of carbonyl (C=O) groups is 1. The molecule has 2 heterocycles. The molecule has 1 saturated heterocycles. The number of nitrogens with zero attached hydrogens (tertiary/aromatic N) is 3. The lowest BCUT2D eigenvalue weighted by molar-refractivity contribution is -0.0440. The first-order valence-electron chi connectivity index (χ1n) is 11.4. The molecule has 2 atom stereocenters. The van der Waals surface area contributed by atoms with Gasteiger partial charge in [0, 0.05) is 31.4 Å². The van der Waals surface area contributed by atoms with Crippen molar-refractivity contribution in [2.45, 2.75) is 37.5 Å². The Bertz CT molecular complexity index is 1260. The minimum atomic E-state index is -3.78. The standard InChI is InChI=1S/C26H28FN3O4S/c1-19-15-30(16-20(2)34-19)35(32,33)24-7-5-6-22(14-24)25(31)18-29(26-8-3-4-13-28-26)17-21-9-11-23(27)12-10-21/h3-14,19-20H,15-18H2,1-2H3. The minimum absolute atomic E-state index is 0.0243. The van der Waals surface area contributed by atoms with Crippen LogP contribution >= 0.6 is 0 Å². The number of hydrogen-bond acceptors (Lipinski definition) is 6. The number of anilines is 1. The Hall–Kier alpha value is -3.14. The van der Waals surface area contributed by atoms with Crippen molar-refractivity contribution in [2.75, 3.05) is 24.5 Å². The van der Waals surface area contributed by atoms with Crippen molar-refractivity contribution in [2.24, 2.45) is 0 Å². The van der Waals surface area contributed by atoms with Crippen molar-refractivity contribution in [3.05, 3.63) is 89.9 Å². The molecular weight excluding hydrogens is 469 g/mol. The molecule has 2 aromatic carbocycles. The summed E-state index contributed by atoms with van der Waals surface area (Å²) >= 11 is 0. The molecule has 0 bridgehead atoms. The van der Waals surface area contributed by atoms with Gasteiger partial charge in [-0.1, -0.05) is 30.3 Å². The van der Waals surface area contributed by atoms with Crippen LogP contribution in [0.15, 0.2) is 77.8 Å². The number of halogens is 1. The summed E-state index contributed by atoms with van der Waals surface area (Å²) in [6.07, 6.45) is 1.21. The molecule has 0 amide bonds. The van der Waals surface area contributed by atoms with Gasteiger partial charge >= 0.3 is 0 Å². The topological polar surface area (TPSA) is 79.8 Å². The largest absolute Gasteiger partial charge is 0.373 e. The summed E-state index contributed by atoms with van der Waals surface area (Å²) in [6.45, 7) is 4.51. The average molecular weight is 498 g/mol. The Morgan fingerprint density at radius 2 is 1.77 bits per heavy atom. The van der Waals surface area contributed by atoms with Crippen molar-refractivity contribution in [1.29, 1.82) is 0 Å². The molecule has 0 radical (unpaired) electrons. The number of rotatable bonds is 8. The Kier molecular flexibility index (Phi) is 7.59. The molecule has 9 heteroatoms. The van der Waals surface area contributed by atoms with Gasteiger partial charge in [0.2, 0.25) is 10.0 Å². The first-order valence-corrected chi connectivity index (χ1v) is 12.9. The van der Waals surface area contributed by atoms with Gasteiger partial charge in [-0.2, -0.15) is 4.31 Å². The van der Waals surface area contributed by atoms with Crippen LogP contribution in [0, 0.1) is 5.82 Å². The fourth-order valence-electron chi connectivity index (χ4n) is 4.14. The van der Waals surface area contributed by atoms with Crippen LogP contribution in [0.4, 0.5) is 10.2 Å².